The zero-order valence-electron chi connectivity index (χ0n) is 4.29. The lowest BCUT2D eigenvalue weighted by atomic mass is 10.4. The highest BCUT2D eigenvalue weighted by Gasteiger charge is 1.99. The summed E-state index contributed by atoms with van der Waals surface area (Å²) >= 11 is 16.7. The molecule has 0 fully saturated rings. The molecular formula is C6H2Cl3. The summed E-state index contributed by atoms with van der Waals surface area (Å²) in [6.45, 7) is 0. The molecule has 47 valence electrons. The molecule has 0 spiro atoms. The molecule has 9 heavy (non-hydrogen) atoms. The molecule has 0 aliphatic heterocycles. The van der Waals surface area contributed by atoms with Gasteiger partial charge in [0.15, 0.2) is 0 Å². The van der Waals surface area contributed by atoms with Crippen LogP contribution in [0.3, 0.4) is 0 Å². The number of benzene rings is 1. The maximum Gasteiger partial charge on any atom is 0.0778 e. The van der Waals surface area contributed by atoms with Crippen LogP contribution in [0.4, 0.5) is 0 Å². The Kier molecular flexibility index (Phi) is 2.23. The van der Waals surface area contributed by atoms with Crippen LogP contribution in [0.5, 0.6) is 0 Å². The van der Waals surface area contributed by atoms with Crippen molar-refractivity contribution in [1.82, 2.24) is 0 Å². The van der Waals surface area contributed by atoms with Gasteiger partial charge in [-0.3, -0.25) is 0 Å². The maximum absolute atomic E-state index is 5.59. The summed E-state index contributed by atoms with van der Waals surface area (Å²) < 4.78 is 0. The van der Waals surface area contributed by atoms with E-state index in [-0.39, 0.29) is 0 Å². The highest BCUT2D eigenvalue weighted by molar-refractivity contribution is 6.47. The van der Waals surface area contributed by atoms with Crippen molar-refractivity contribution in [3.05, 3.63) is 33.3 Å². The summed E-state index contributed by atoms with van der Waals surface area (Å²) in [5.74, 6) is 0. The standard InChI is InChI=1S/C6H2Cl3/c7-4-2-1-3-5(8)6(4)9/h2-3H. The first-order valence-corrected chi connectivity index (χ1v) is 3.36. The van der Waals surface area contributed by atoms with Crippen LogP contribution in [0, 0.1) is 6.07 Å². The van der Waals surface area contributed by atoms with Crippen LogP contribution < -0.4 is 0 Å². The summed E-state index contributed by atoms with van der Waals surface area (Å²) in [6, 6.07) is 5.85. The Labute approximate surface area is 68.3 Å². The number of halogens is 3. The van der Waals surface area contributed by atoms with Crippen molar-refractivity contribution < 1.29 is 0 Å². The second-order valence-electron chi connectivity index (χ2n) is 1.47. The molecule has 1 aromatic carbocycles. The van der Waals surface area contributed by atoms with E-state index in [2.05, 4.69) is 6.07 Å². The Morgan fingerprint density at radius 3 is 1.78 bits per heavy atom. The predicted molar refractivity (Wildman–Crippen MR) is 40.3 cm³/mol. The normalized spacial score (nSPS) is 9.67. The summed E-state index contributed by atoms with van der Waals surface area (Å²) in [5, 5.41) is 1.26. The van der Waals surface area contributed by atoms with Crippen LogP contribution in [-0.2, 0) is 0 Å². The number of hydrogen-bond donors (Lipinski definition) is 0. The minimum absolute atomic E-state index is 0.386. The van der Waals surface area contributed by atoms with Gasteiger partial charge in [-0.15, -0.1) is 0 Å². The van der Waals surface area contributed by atoms with Gasteiger partial charge in [-0.2, -0.15) is 0 Å². The molecule has 0 aliphatic carbocycles. The molecule has 1 rings (SSSR count). The smallest absolute Gasteiger partial charge is 0.0778 e. The van der Waals surface area contributed by atoms with E-state index in [0.29, 0.717) is 15.1 Å². The summed E-state index contributed by atoms with van der Waals surface area (Å²) in [4.78, 5) is 0. The van der Waals surface area contributed by atoms with Gasteiger partial charge in [0.2, 0.25) is 0 Å². The van der Waals surface area contributed by atoms with Gasteiger partial charge in [0, 0.05) is 0 Å². The molecule has 0 unspecified atom stereocenters. The average molecular weight is 180 g/mol. The molecule has 0 aliphatic rings. The van der Waals surface area contributed by atoms with Gasteiger partial charge in [-0.1, -0.05) is 34.8 Å². The van der Waals surface area contributed by atoms with Gasteiger partial charge in [0.05, 0.1) is 15.1 Å². The topological polar surface area (TPSA) is 0 Å². The van der Waals surface area contributed by atoms with Crippen molar-refractivity contribution in [2.75, 3.05) is 0 Å². The molecule has 0 nitrogen and oxygen atoms in total. The fourth-order valence-electron chi connectivity index (χ4n) is 0.429. The lowest BCUT2D eigenvalue weighted by Gasteiger charge is -1.93. The molecule has 1 aromatic rings. The molecule has 0 aromatic heterocycles. The van der Waals surface area contributed by atoms with Crippen molar-refractivity contribution in [2.45, 2.75) is 0 Å². The summed E-state index contributed by atoms with van der Waals surface area (Å²) in [7, 11) is 0. The fourth-order valence-corrected chi connectivity index (χ4v) is 0.916. The lowest BCUT2D eigenvalue weighted by molar-refractivity contribution is 1.69. The fraction of sp³-hybridized carbons (Fsp3) is 0. The molecule has 0 amide bonds. The predicted octanol–water partition coefficient (Wildman–Crippen LogP) is 3.45. The second-order valence-corrected chi connectivity index (χ2v) is 2.66. The zero-order chi connectivity index (χ0) is 6.85. The van der Waals surface area contributed by atoms with Crippen molar-refractivity contribution in [3.8, 4) is 0 Å². The zero-order valence-corrected chi connectivity index (χ0v) is 6.56. The third-order valence-corrected chi connectivity index (χ3v) is 2.04. The van der Waals surface area contributed by atoms with Crippen molar-refractivity contribution >= 4 is 34.8 Å². The van der Waals surface area contributed by atoms with E-state index in [9.17, 15) is 0 Å². The molecule has 0 heterocycles. The van der Waals surface area contributed by atoms with E-state index in [4.69, 9.17) is 34.8 Å². The Hall–Kier alpha value is 0.0900. The minimum atomic E-state index is 0.386. The molecule has 3 heteroatoms. The van der Waals surface area contributed by atoms with Crippen LogP contribution in [0.25, 0.3) is 0 Å². The Morgan fingerprint density at radius 2 is 1.44 bits per heavy atom. The molecule has 1 radical (unpaired) electrons. The van der Waals surface area contributed by atoms with Gasteiger partial charge in [-0.25, -0.2) is 0 Å². The van der Waals surface area contributed by atoms with Gasteiger partial charge >= 0.3 is 0 Å². The molecule has 0 bridgehead atoms. The van der Waals surface area contributed by atoms with Gasteiger partial charge in [0.25, 0.3) is 0 Å². The molecule has 0 atom stereocenters. The van der Waals surface area contributed by atoms with Gasteiger partial charge in [-0.05, 0) is 18.2 Å². The van der Waals surface area contributed by atoms with Crippen LogP contribution in [-0.4, -0.2) is 0 Å². The highest BCUT2D eigenvalue weighted by Crippen LogP contribution is 2.28. The summed E-state index contributed by atoms with van der Waals surface area (Å²) in [6.07, 6.45) is 0. The van der Waals surface area contributed by atoms with Crippen molar-refractivity contribution in [1.29, 1.82) is 0 Å². The molecule has 0 N–H and O–H groups in total. The average Bonchev–Trinajstić information content (AvgIpc) is 1.83. The Morgan fingerprint density at radius 1 is 1.00 bits per heavy atom. The molecule has 0 saturated heterocycles. The number of rotatable bonds is 0. The monoisotopic (exact) mass is 179 g/mol. The first-order valence-electron chi connectivity index (χ1n) is 2.22. The van der Waals surface area contributed by atoms with E-state index in [1.807, 2.05) is 0 Å². The second kappa shape index (κ2) is 2.78. The van der Waals surface area contributed by atoms with Crippen LogP contribution in [0.2, 0.25) is 15.1 Å². The summed E-state index contributed by atoms with van der Waals surface area (Å²) in [5.41, 5.74) is 0. The molecular weight excluding hydrogens is 178 g/mol. The largest absolute Gasteiger partial charge is 0.0826 e. The Bertz CT molecular complexity index is 199. The Balaban J connectivity index is 3.25. The van der Waals surface area contributed by atoms with Crippen LogP contribution in [0.15, 0.2) is 12.1 Å². The highest BCUT2D eigenvalue weighted by atomic mass is 35.5. The van der Waals surface area contributed by atoms with Crippen molar-refractivity contribution in [3.63, 3.8) is 0 Å². The van der Waals surface area contributed by atoms with Crippen LogP contribution in [0.1, 0.15) is 0 Å². The third kappa shape index (κ3) is 1.51. The van der Waals surface area contributed by atoms with E-state index in [0.717, 1.165) is 0 Å². The van der Waals surface area contributed by atoms with Crippen molar-refractivity contribution in [2.24, 2.45) is 0 Å². The minimum Gasteiger partial charge on any atom is -0.0826 e. The quantitative estimate of drug-likeness (QED) is 0.537. The van der Waals surface area contributed by atoms with E-state index >= 15 is 0 Å². The van der Waals surface area contributed by atoms with E-state index < -0.39 is 0 Å². The SMILES string of the molecule is Clc1c[c]cc(Cl)c1Cl. The lowest BCUT2D eigenvalue weighted by Crippen LogP contribution is -1.68. The van der Waals surface area contributed by atoms with Gasteiger partial charge < -0.3 is 0 Å². The first kappa shape index (κ1) is 7.20. The van der Waals surface area contributed by atoms with E-state index in [1.54, 1.807) is 12.1 Å². The van der Waals surface area contributed by atoms with E-state index in [1.165, 1.54) is 0 Å². The molecule has 0 saturated carbocycles. The van der Waals surface area contributed by atoms with Crippen LogP contribution >= 0.6 is 34.8 Å². The first-order chi connectivity index (χ1) is 4.22. The van der Waals surface area contributed by atoms with Gasteiger partial charge in [0.1, 0.15) is 0 Å². The number of hydrogen-bond acceptors (Lipinski definition) is 0. The maximum atomic E-state index is 5.59. The third-order valence-electron chi connectivity index (χ3n) is 0.839.